The second-order valence-electron chi connectivity index (χ2n) is 4.77. The lowest BCUT2D eigenvalue weighted by molar-refractivity contribution is 0.0523. The Kier molecular flexibility index (Phi) is 6.54. The fourth-order valence-electron chi connectivity index (χ4n) is 0.991. The van der Waals surface area contributed by atoms with Gasteiger partial charge in [-0.2, -0.15) is 0 Å². The van der Waals surface area contributed by atoms with Gasteiger partial charge < -0.3 is 10.1 Å². The van der Waals surface area contributed by atoms with Crippen molar-refractivity contribution in [3.05, 3.63) is 24.3 Å². The van der Waals surface area contributed by atoms with Crippen molar-refractivity contribution in [2.24, 2.45) is 5.92 Å². The quantitative estimate of drug-likeness (QED) is 0.746. The van der Waals surface area contributed by atoms with Crippen LogP contribution in [0.3, 0.4) is 0 Å². The summed E-state index contributed by atoms with van der Waals surface area (Å²) in [6, 6.07) is 0. The van der Waals surface area contributed by atoms with Gasteiger partial charge in [-0.05, 0) is 33.6 Å². The maximum Gasteiger partial charge on any atom is 0.407 e. The lowest BCUT2D eigenvalue weighted by Gasteiger charge is -2.20. The smallest absolute Gasteiger partial charge is 0.407 e. The molecule has 1 atom stereocenters. The van der Waals surface area contributed by atoms with Gasteiger partial charge in [0.1, 0.15) is 5.60 Å². The fourth-order valence-corrected chi connectivity index (χ4v) is 0.991. The highest BCUT2D eigenvalue weighted by Crippen LogP contribution is 2.06. The number of nitrogens with one attached hydrogen (secondary N) is 1. The first-order valence-electron chi connectivity index (χ1n) is 5.61. The Hall–Kier alpha value is -1.25. The van der Waals surface area contributed by atoms with Crippen molar-refractivity contribution < 1.29 is 9.53 Å². The standard InChI is InChI=1S/C13H23NO2/c1-6-7-8-9-11(2)10-14-12(15)16-13(3,4)5/h6-9,11H,10H2,1-5H3,(H,14,15)/b7-6-,9-8-. The van der Waals surface area contributed by atoms with Crippen LogP contribution in [0.15, 0.2) is 24.3 Å². The van der Waals surface area contributed by atoms with Gasteiger partial charge in [0.2, 0.25) is 0 Å². The lowest BCUT2D eigenvalue weighted by Crippen LogP contribution is -2.34. The van der Waals surface area contributed by atoms with E-state index in [0.29, 0.717) is 12.5 Å². The number of amides is 1. The van der Waals surface area contributed by atoms with Crippen molar-refractivity contribution in [3.63, 3.8) is 0 Å². The molecule has 0 aliphatic heterocycles. The SMILES string of the molecule is C/C=C\C=C/C(C)CNC(=O)OC(C)(C)C. The summed E-state index contributed by atoms with van der Waals surface area (Å²) in [7, 11) is 0. The molecule has 0 heterocycles. The minimum Gasteiger partial charge on any atom is -0.444 e. The molecule has 16 heavy (non-hydrogen) atoms. The molecule has 1 amide bonds. The first-order valence-corrected chi connectivity index (χ1v) is 5.61. The second kappa shape index (κ2) is 7.09. The number of rotatable bonds is 4. The summed E-state index contributed by atoms with van der Waals surface area (Å²) in [6.45, 7) is 10.1. The van der Waals surface area contributed by atoms with Crippen molar-refractivity contribution in [3.8, 4) is 0 Å². The zero-order valence-electron chi connectivity index (χ0n) is 10.9. The van der Waals surface area contributed by atoms with Gasteiger partial charge in [0.15, 0.2) is 0 Å². The average molecular weight is 225 g/mol. The zero-order chi connectivity index (χ0) is 12.6. The predicted octanol–water partition coefficient (Wildman–Crippen LogP) is 3.28. The van der Waals surface area contributed by atoms with Crippen molar-refractivity contribution in [1.29, 1.82) is 0 Å². The van der Waals surface area contributed by atoms with E-state index in [4.69, 9.17) is 4.74 Å². The number of hydrogen-bond acceptors (Lipinski definition) is 2. The van der Waals surface area contributed by atoms with E-state index >= 15 is 0 Å². The van der Waals surface area contributed by atoms with E-state index in [0.717, 1.165) is 0 Å². The number of allylic oxidation sites excluding steroid dienone is 3. The van der Waals surface area contributed by atoms with Crippen molar-refractivity contribution >= 4 is 6.09 Å². The maximum absolute atomic E-state index is 11.3. The zero-order valence-corrected chi connectivity index (χ0v) is 10.9. The van der Waals surface area contributed by atoms with Crippen LogP contribution in [0.25, 0.3) is 0 Å². The summed E-state index contributed by atoms with van der Waals surface area (Å²) in [4.78, 5) is 11.3. The van der Waals surface area contributed by atoms with E-state index < -0.39 is 5.60 Å². The van der Waals surface area contributed by atoms with Crippen LogP contribution in [-0.2, 0) is 4.74 Å². The number of ether oxygens (including phenoxy) is 1. The summed E-state index contributed by atoms with van der Waals surface area (Å²) in [6.07, 6.45) is 7.58. The van der Waals surface area contributed by atoms with E-state index in [2.05, 4.69) is 5.32 Å². The molecule has 0 spiro atoms. The Labute approximate surface area is 98.6 Å². The lowest BCUT2D eigenvalue weighted by atomic mass is 10.1. The first-order chi connectivity index (χ1) is 7.35. The van der Waals surface area contributed by atoms with Gasteiger partial charge in [0, 0.05) is 6.54 Å². The molecule has 1 N–H and O–H groups in total. The van der Waals surface area contributed by atoms with Gasteiger partial charge >= 0.3 is 6.09 Å². The first kappa shape index (κ1) is 14.8. The number of carbonyl (C=O) groups excluding carboxylic acids is 1. The summed E-state index contributed by atoms with van der Waals surface area (Å²) in [5, 5.41) is 2.73. The van der Waals surface area contributed by atoms with E-state index in [1.165, 1.54) is 0 Å². The number of hydrogen-bond donors (Lipinski definition) is 1. The van der Waals surface area contributed by atoms with Crippen LogP contribution < -0.4 is 5.32 Å². The summed E-state index contributed by atoms with van der Waals surface area (Å²) < 4.78 is 5.13. The van der Waals surface area contributed by atoms with Crippen LogP contribution >= 0.6 is 0 Å². The van der Waals surface area contributed by atoms with Gasteiger partial charge in [-0.15, -0.1) is 0 Å². The molecular weight excluding hydrogens is 202 g/mol. The molecule has 1 unspecified atom stereocenters. The molecule has 3 nitrogen and oxygen atoms in total. The van der Waals surface area contributed by atoms with Gasteiger partial charge in [-0.1, -0.05) is 31.2 Å². The Bertz CT molecular complexity index is 262. The van der Waals surface area contributed by atoms with Crippen molar-refractivity contribution in [2.75, 3.05) is 6.54 Å². The molecule has 0 bridgehead atoms. The van der Waals surface area contributed by atoms with Crippen LogP contribution in [0.5, 0.6) is 0 Å². The summed E-state index contributed by atoms with van der Waals surface area (Å²) in [5.41, 5.74) is -0.436. The molecule has 0 aromatic carbocycles. The second-order valence-corrected chi connectivity index (χ2v) is 4.77. The van der Waals surface area contributed by atoms with Gasteiger partial charge in [-0.25, -0.2) is 4.79 Å². The maximum atomic E-state index is 11.3. The van der Waals surface area contributed by atoms with E-state index in [-0.39, 0.29) is 6.09 Å². The van der Waals surface area contributed by atoms with Crippen LogP contribution in [0.4, 0.5) is 4.79 Å². The Balaban J connectivity index is 3.84. The summed E-state index contributed by atoms with van der Waals surface area (Å²) in [5.74, 6) is 0.295. The molecule has 0 aliphatic rings. The predicted molar refractivity (Wildman–Crippen MR) is 67.4 cm³/mol. The summed E-state index contributed by atoms with van der Waals surface area (Å²) >= 11 is 0. The third-order valence-corrected chi connectivity index (χ3v) is 1.71. The van der Waals surface area contributed by atoms with Crippen LogP contribution in [0.1, 0.15) is 34.6 Å². The third-order valence-electron chi connectivity index (χ3n) is 1.71. The monoisotopic (exact) mass is 225 g/mol. The molecule has 0 aliphatic carbocycles. The molecule has 0 rings (SSSR count). The molecule has 3 heteroatoms. The fraction of sp³-hybridized carbons (Fsp3) is 0.615. The van der Waals surface area contributed by atoms with Crippen LogP contribution in [0, 0.1) is 5.92 Å². The van der Waals surface area contributed by atoms with Crippen molar-refractivity contribution in [2.45, 2.75) is 40.2 Å². The van der Waals surface area contributed by atoms with Gasteiger partial charge in [-0.3, -0.25) is 0 Å². The molecule has 0 saturated carbocycles. The molecule has 0 radical (unpaired) electrons. The van der Waals surface area contributed by atoms with Crippen LogP contribution in [0.2, 0.25) is 0 Å². The van der Waals surface area contributed by atoms with E-state index in [1.807, 2.05) is 58.9 Å². The van der Waals surface area contributed by atoms with E-state index in [1.54, 1.807) is 0 Å². The molecular formula is C13H23NO2. The van der Waals surface area contributed by atoms with E-state index in [9.17, 15) is 4.79 Å². The third kappa shape index (κ3) is 9.31. The normalized spacial score (nSPS) is 14.3. The van der Waals surface area contributed by atoms with Crippen LogP contribution in [-0.4, -0.2) is 18.2 Å². The Morgan fingerprint density at radius 2 is 2.00 bits per heavy atom. The largest absolute Gasteiger partial charge is 0.444 e. The molecule has 92 valence electrons. The Morgan fingerprint density at radius 3 is 2.50 bits per heavy atom. The minimum absolute atomic E-state index is 0.295. The number of carbonyl (C=O) groups is 1. The average Bonchev–Trinajstić information content (AvgIpc) is 2.12. The minimum atomic E-state index is -0.436. The highest BCUT2D eigenvalue weighted by molar-refractivity contribution is 5.67. The molecule has 0 aromatic rings. The van der Waals surface area contributed by atoms with Gasteiger partial charge in [0.05, 0.1) is 0 Å². The number of alkyl carbamates (subject to hydrolysis) is 1. The molecule has 0 fully saturated rings. The van der Waals surface area contributed by atoms with Crippen molar-refractivity contribution in [1.82, 2.24) is 5.32 Å². The molecule has 0 aromatic heterocycles. The Morgan fingerprint density at radius 1 is 1.38 bits per heavy atom. The highest BCUT2D eigenvalue weighted by Gasteiger charge is 2.15. The topological polar surface area (TPSA) is 38.3 Å². The molecule has 0 saturated heterocycles. The highest BCUT2D eigenvalue weighted by atomic mass is 16.6. The van der Waals surface area contributed by atoms with Gasteiger partial charge in [0.25, 0.3) is 0 Å².